The van der Waals surface area contributed by atoms with Gasteiger partial charge in [0.25, 0.3) is 10.1 Å². The number of esters is 3. The van der Waals surface area contributed by atoms with E-state index in [1.54, 1.807) is 0 Å². The normalized spacial score (nSPS) is 20.2. The van der Waals surface area contributed by atoms with E-state index < -0.39 is 71.5 Å². The van der Waals surface area contributed by atoms with Crippen LogP contribution in [0, 0.1) is 17.3 Å². The molecule has 0 amide bonds. The van der Waals surface area contributed by atoms with Gasteiger partial charge in [-0.05, 0) is 19.3 Å². The Labute approximate surface area is 226 Å². The van der Waals surface area contributed by atoms with Crippen molar-refractivity contribution in [1.29, 1.82) is 0 Å². The largest absolute Gasteiger partial charge is 0.465 e. The molecule has 0 radical (unpaired) electrons. The zero-order valence-corrected chi connectivity index (χ0v) is 23.4. The minimum Gasteiger partial charge on any atom is -0.465 e. The van der Waals surface area contributed by atoms with Gasteiger partial charge in [-0.3, -0.25) is 18.9 Å². The van der Waals surface area contributed by atoms with E-state index in [1.165, 1.54) is 51.4 Å². The Balaban J connectivity index is 2.27. The molecular weight excluding hydrogens is 516 g/mol. The summed E-state index contributed by atoms with van der Waals surface area (Å²) in [6.45, 7) is 0.132. The summed E-state index contributed by atoms with van der Waals surface area (Å²) in [4.78, 5) is 36.1. The van der Waals surface area contributed by atoms with Crippen LogP contribution in [0.25, 0.3) is 0 Å². The lowest BCUT2D eigenvalue weighted by molar-refractivity contribution is -0.161. The van der Waals surface area contributed by atoms with Crippen molar-refractivity contribution >= 4 is 28.0 Å². The van der Waals surface area contributed by atoms with Crippen LogP contribution in [0.15, 0.2) is 0 Å². The molecule has 2 N–H and O–H groups in total. The molecular formula is C27H44O10S. The van der Waals surface area contributed by atoms with Crippen LogP contribution in [-0.4, -0.2) is 67.7 Å². The van der Waals surface area contributed by atoms with E-state index in [9.17, 15) is 32.5 Å². The quantitative estimate of drug-likeness (QED) is 0.0884. The van der Waals surface area contributed by atoms with Gasteiger partial charge in [0.15, 0.2) is 5.25 Å². The maximum absolute atomic E-state index is 12.1. The Morgan fingerprint density at radius 1 is 0.947 bits per heavy atom. The lowest BCUT2D eigenvalue weighted by Crippen LogP contribution is -2.42. The Bertz CT molecular complexity index is 889. The zero-order chi connectivity index (χ0) is 28.3. The van der Waals surface area contributed by atoms with Gasteiger partial charge in [0, 0.05) is 19.3 Å². The number of rotatable bonds is 17. The van der Waals surface area contributed by atoms with Gasteiger partial charge in [0.05, 0.1) is 18.4 Å². The van der Waals surface area contributed by atoms with Crippen molar-refractivity contribution in [3.63, 3.8) is 0 Å². The van der Waals surface area contributed by atoms with Crippen molar-refractivity contribution in [3.8, 4) is 11.8 Å². The van der Waals surface area contributed by atoms with E-state index in [-0.39, 0.29) is 6.42 Å². The van der Waals surface area contributed by atoms with Crippen molar-refractivity contribution in [2.24, 2.45) is 5.41 Å². The van der Waals surface area contributed by atoms with E-state index in [1.807, 2.05) is 0 Å². The number of hydrogen-bond acceptors (Lipinski definition) is 9. The molecule has 1 heterocycles. The highest BCUT2D eigenvalue weighted by Gasteiger charge is 2.42. The first-order valence-electron chi connectivity index (χ1n) is 13.6. The molecule has 218 valence electrons. The molecule has 1 rings (SSSR count). The number of aliphatic hydroxyl groups excluding tert-OH is 1. The molecule has 1 saturated heterocycles. The van der Waals surface area contributed by atoms with Crippen LogP contribution in [0.5, 0.6) is 0 Å². The smallest absolute Gasteiger partial charge is 0.327 e. The van der Waals surface area contributed by atoms with Crippen LogP contribution < -0.4 is 0 Å². The van der Waals surface area contributed by atoms with Crippen LogP contribution in [-0.2, 0) is 38.7 Å². The molecule has 0 saturated carbocycles. The minimum absolute atomic E-state index is 0.131. The van der Waals surface area contributed by atoms with E-state index in [0.717, 1.165) is 19.3 Å². The highest BCUT2D eigenvalue weighted by atomic mass is 32.2. The second-order valence-electron chi connectivity index (χ2n) is 9.93. The number of ether oxygens (including phenoxy) is 3. The molecule has 0 aromatic carbocycles. The molecule has 1 aliphatic heterocycles. The number of carbonyl (C=O) groups is 3. The Morgan fingerprint density at radius 2 is 1.50 bits per heavy atom. The van der Waals surface area contributed by atoms with Gasteiger partial charge >= 0.3 is 17.9 Å². The van der Waals surface area contributed by atoms with Crippen molar-refractivity contribution in [1.82, 2.24) is 0 Å². The number of cyclic esters (lactones) is 2. The maximum Gasteiger partial charge on any atom is 0.327 e. The molecule has 2 unspecified atom stereocenters. The summed E-state index contributed by atoms with van der Waals surface area (Å²) in [6, 6.07) is 0. The highest BCUT2D eigenvalue weighted by molar-refractivity contribution is 7.87. The second kappa shape index (κ2) is 19.0. The average Bonchev–Trinajstić information content (AvgIpc) is 2.94. The summed E-state index contributed by atoms with van der Waals surface area (Å²) in [7, 11) is -4.90. The van der Waals surface area contributed by atoms with Crippen molar-refractivity contribution in [2.45, 2.75) is 108 Å². The second-order valence-corrected chi connectivity index (χ2v) is 11.5. The van der Waals surface area contributed by atoms with Crippen LogP contribution in [0.3, 0.4) is 0 Å². The summed E-state index contributed by atoms with van der Waals surface area (Å²) in [5.41, 5.74) is -1.45. The van der Waals surface area contributed by atoms with Crippen LogP contribution >= 0.6 is 0 Å². The molecule has 1 aliphatic rings. The monoisotopic (exact) mass is 560 g/mol. The third-order valence-corrected chi connectivity index (χ3v) is 7.45. The summed E-state index contributed by atoms with van der Waals surface area (Å²) >= 11 is 0. The molecule has 10 nitrogen and oxygen atoms in total. The Kier molecular flexibility index (Phi) is 16.9. The van der Waals surface area contributed by atoms with Gasteiger partial charge in [-0.2, -0.15) is 8.42 Å². The first-order chi connectivity index (χ1) is 18.1. The number of unbranched alkanes of at least 4 members (excludes halogenated alkanes) is 11. The fraction of sp³-hybridized carbons (Fsp3) is 0.815. The van der Waals surface area contributed by atoms with Crippen LogP contribution in [0.4, 0.5) is 0 Å². The molecule has 0 bridgehead atoms. The molecule has 11 heteroatoms. The van der Waals surface area contributed by atoms with Crippen molar-refractivity contribution in [3.05, 3.63) is 0 Å². The summed E-state index contributed by atoms with van der Waals surface area (Å²) in [5.74, 6) is 3.35. The van der Waals surface area contributed by atoms with Crippen LogP contribution in [0.1, 0.15) is 103 Å². The molecule has 0 aromatic heterocycles. The minimum atomic E-state index is -4.90. The molecule has 2 atom stereocenters. The third kappa shape index (κ3) is 14.7. The first-order valence-corrected chi connectivity index (χ1v) is 15.1. The Hall–Kier alpha value is -2.16. The first kappa shape index (κ1) is 33.9. The van der Waals surface area contributed by atoms with Crippen LogP contribution in [0.2, 0.25) is 0 Å². The van der Waals surface area contributed by atoms with Gasteiger partial charge in [0.1, 0.15) is 19.8 Å². The average molecular weight is 561 g/mol. The van der Waals surface area contributed by atoms with Gasteiger partial charge in [-0.1, -0.05) is 58.3 Å². The van der Waals surface area contributed by atoms with E-state index in [4.69, 9.17) is 14.2 Å². The SMILES string of the molecule is CCCCCCCCCCCC#CCCCCC(=O)OCC1(CO)COC(=O)CC(S(=O)(=O)O)C(=O)OC1. The van der Waals surface area contributed by atoms with E-state index in [2.05, 4.69) is 18.8 Å². The van der Waals surface area contributed by atoms with Gasteiger partial charge in [-0.15, -0.1) is 11.8 Å². The lowest BCUT2D eigenvalue weighted by atomic mass is 9.92. The van der Waals surface area contributed by atoms with Crippen molar-refractivity contribution in [2.75, 3.05) is 26.4 Å². The fourth-order valence-electron chi connectivity index (χ4n) is 3.82. The summed E-state index contributed by atoms with van der Waals surface area (Å²) in [6.07, 6.45) is 13.6. The highest BCUT2D eigenvalue weighted by Crippen LogP contribution is 2.23. The molecule has 0 spiro atoms. The molecule has 38 heavy (non-hydrogen) atoms. The number of hydrogen-bond donors (Lipinski definition) is 2. The number of carbonyl (C=O) groups excluding carboxylic acids is 3. The lowest BCUT2D eigenvalue weighted by Gasteiger charge is -2.29. The molecule has 0 aromatic rings. The standard InChI is InChI=1S/C27H44O10S/c1-2-3-4-5-6-7-8-9-10-11-12-13-14-15-16-17-24(29)35-20-27(19-28)21-36-25(30)18-23(38(32,33)34)26(31)37-22-27/h23,28H,2-11,14-22H2,1H3,(H,32,33,34). The van der Waals surface area contributed by atoms with Gasteiger partial charge in [0.2, 0.25) is 0 Å². The van der Waals surface area contributed by atoms with Gasteiger partial charge in [-0.25, -0.2) is 0 Å². The summed E-state index contributed by atoms with van der Waals surface area (Å²) in [5, 5.41) is 7.70. The third-order valence-electron chi connectivity index (χ3n) is 6.37. The van der Waals surface area contributed by atoms with Gasteiger partial charge < -0.3 is 19.3 Å². The zero-order valence-electron chi connectivity index (χ0n) is 22.6. The van der Waals surface area contributed by atoms with Crippen molar-refractivity contribution < 1.29 is 46.7 Å². The predicted octanol–water partition coefficient (Wildman–Crippen LogP) is 3.74. The maximum atomic E-state index is 12.1. The fourth-order valence-corrected chi connectivity index (χ4v) is 4.48. The topological polar surface area (TPSA) is 154 Å². The molecule has 0 aliphatic carbocycles. The van der Waals surface area contributed by atoms with E-state index in [0.29, 0.717) is 12.8 Å². The van der Waals surface area contributed by atoms with E-state index >= 15 is 0 Å². The molecule has 1 fully saturated rings. The Morgan fingerprint density at radius 3 is 2.08 bits per heavy atom. The number of aliphatic hydroxyl groups is 1. The predicted molar refractivity (Wildman–Crippen MR) is 140 cm³/mol. The summed E-state index contributed by atoms with van der Waals surface area (Å²) < 4.78 is 47.0.